The van der Waals surface area contributed by atoms with E-state index in [0.717, 1.165) is 11.4 Å². The summed E-state index contributed by atoms with van der Waals surface area (Å²) in [7, 11) is 1.75. The lowest BCUT2D eigenvalue weighted by atomic mass is 10.1. The Morgan fingerprint density at radius 2 is 2.26 bits per heavy atom. The molecule has 7 heteroatoms. The van der Waals surface area contributed by atoms with Crippen LogP contribution in [0.25, 0.3) is 0 Å². The number of nitrogens with one attached hydrogen (secondary N) is 1. The number of pyridine rings is 1. The van der Waals surface area contributed by atoms with Crippen LogP contribution in [0.3, 0.4) is 0 Å². The second kappa shape index (κ2) is 6.60. The fourth-order valence-electron chi connectivity index (χ4n) is 2.80. The molecule has 2 aromatic heterocycles. The van der Waals surface area contributed by atoms with Crippen molar-refractivity contribution in [1.29, 1.82) is 0 Å². The van der Waals surface area contributed by atoms with Crippen molar-refractivity contribution in [1.82, 2.24) is 25.0 Å². The van der Waals surface area contributed by atoms with E-state index in [2.05, 4.69) is 15.2 Å². The topological polar surface area (TPSA) is 82.2 Å². The maximum absolute atomic E-state index is 12.5. The molecule has 3 rings (SSSR count). The molecule has 120 valence electrons. The van der Waals surface area contributed by atoms with E-state index < -0.39 is 0 Å². The van der Waals surface area contributed by atoms with Crippen molar-refractivity contribution in [3.8, 4) is 0 Å². The van der Waals surface area contributed by atoms with Crippen LogP contribution in [0.4, 0.5) is 0 Å². The van der Waals surface area contributed by atoms with E-state index in [1.165, 1.54) is 0 Å². The maximum atomic E-state index is 12.5. The number of carbonyl (C=O) groups is 2. The van der Waals surface area contributed by atoms with Crippen LogP contribution in [0.1, 0.15) is 17.8 Å². The third kappa shape index (κ3) is 3.56. The second-order valence-corrected chi connectivity index (χ2v) is 5.77. The first-order chi connectivity index (χ1) is 11.1. The van der Waals surface area contributed by atoms with Gasteiger partial charge in [-0.2, -0.15) is 5.10 Å². The zero-order chi connectivity index (χ0) is 16.2. The lowest BCUT2D eigenvalue weighted by Gasteiger charge is -2.20. The summed E-state index contributed by atoms with van der Waals surface area (Å²) in [5.41, 5.74) is 1.70. The molecule has 1 aliphatic rings. The Morgan fingerprint density at radius 1 is 1.39 bits per heavy atom. The molecule has 0 saturated carbocycles. The van der Waals surface area contributed by atoms with Crippen LogP contribution < -0.4 is 0 Å². The van der Waals surface area contributed by atoms with Crippen molar-refractivity contribution in [2.75, 3.05) is 13.6 Å². The number of nitrogens with zero attached hydrogens (tertiary/aromatic N) is 4. The second-order valence-electron chi connectivity index (χ2n) is 5.77. The van der Waals surface area contributed by atoms with E-state index in [1.54, 1.807) is 29.2 Å². The molecule has 0 spiro atoms. The zero-order valence-corrected chi connectivity index (χ0v) is 13.0. The highest BCUT2D eigenvalue weighted by atomic mass is 16.2. The molecular weight excluding hydrogens is 294 g/mol. The van der Waals surface area contributed by atoms with Gasteiger partial charge in [0.2, 0.25) is 11.8 Å². The summed E-state index contributed by atoms with van der Waals surface area (Å²) < 4.78 is 0. The molecule has 1 unspecified atom stereocenters. The molecule has 1 saturated heterocycles. The monoisotopic (exact) mass is 313 g/mol. The highest BCUT2D eigenvalue weighted by Gasteiger charge is 2.35. The zero-order valence-electron chi connectivity index (χ0n) is 13.0. The maximum Gasteiger partial charge on any atom is 0.228 e. The standard InChI is InChI=1S/C16H19N5O2/c1-20(10-14-5-7-18-19-14)16(23)12-8-15(22)21(9-12)11-13-4-2-3-6-17-13/h2-7,12H,8-11H2,1H3,(H,18,19). The van der Waals surface area contributed by atoms with Crippen LogP contribution >= 0.6 is 0 Å². The molecule has 0 aromatic carbocycles. The molecule has 3 heterocycles. The normalized spacial score (nSPS) is 17.5. The van der Waals surface area contributed by atoms with Gasteiger partial charge in [-0.3, -0.25) is 19.7 Å². The molecule has 1 fully saturated rings. The first-order valence-electron chi connectivity index (χ1n) is 7.54. The first kappa shape index (κ1) is 15.2. The summed E-state index contributed by atoms with van der Waals surface area (Å²) in [6.07, 6.45) is 3.62. The number of amides is 2. The highest BCUT2D eigenvalue weighted by Crippen LogP contribution is 2.22. The summed E-state index contributed by atoms with van der Waals surface area (Å²) in [5.74, 6) is -0.306. The molecule has 23 heavy (non-hydrogen) atoms. The lowest BCUT2D eigenvalue weighted by Crippen LogP contribution is -2.34. The average Bonchev–Trinajstić information content (AvgIpc) is 3.18. The van der Waals surface area contributed by atoms with E-state index >= 15 is 0 Å². The summed E-state index contributed by atoms with van der Waals surface area (Å²) in [4.78, 5) is 32.2. The molecule has 2 aromatic rings. The van der Waals surface area contributed by atoms with Gasteiger partial charge in [-0.15, -0.1) is 0 Å². The fraction of sp³-hybridized carbons (Fsp3) is 0.375. The Hall–Kier alpha value is -2.70. The van der Waals surface area contributed by atoms with Gasteiger partial charge in [0.05, 0.1) is 30.4 Å². The molecule has 1 N–H and O–H groups in total. The van der Waals surface area contributed by atoms with Gasteiger partial charge in [-0.25, -0.2) is 0 Å². The van der Waals surface area contributed by atoms with Crippen LogP contribution in [0.5, 0.6) is 0 Å². The van der Waals surface area contributed by atoms with Gasteiger partial charge in [0.25, 0.3) is 0 Å². The van der Waals surface area contributed by atoms with Gasteiger partial charge >= 0.3 is 0 Å². The molecule has 0 aliphatic carbocycles. The Morgan fingerprint density at radius 3 is 2.96 bits per heavy atom. The van der Waals surface area contributed by atoms with Crippen LogP contribution in [-0.4, -0.2) is 50.4 Å². The number of aromatic amines is 1. The van der Waals surface area contributed by atoms with Crippen molar-refractivity contribution in [3.05, 3.63) is 48.0 Å². The van der Waals surface area contributed by atoms with Crippen LogP contribution in [0, 0.1) is 5.92 Å². The number of aromatic nitrogens is 3. The number of H-pyrrole nitrogens is 1. The van der Waals surface area contributed by atoms with E-state index in [-0.39, 0.29) is 24.2 Å². The first-order valence-corrected chi connectivity index (χ1v) is 7.54. The van der Waals surface area contributed by atoms with Crippen molar-refractivity contribution < 1.29 is 9.59 Å². The predicted octanol–water partition coefficient (Wildman–Crippen LogP) is 0.812. The summed E-state index contributed by atoms with van der Waals surface area (Å²) in [5, 5.41) is 6.71. The van der Waals surface area contributed by atoms with Gasteiger partial charge in [-0.1, -0.05) is 6.07 Å². The SMILES string of the molecule is CN(Cc1ccn[nH]1)C(=O)C1CC(=O)N(Cc2ccccn2)C1. The smallest absolute Gasteiger partial charge is 0.228 e. The fourth-order valence-corrected chi connectivity index (χ4v) is 2.80. The minimum Gasteiger partial charge on any atom is -0.340 e. The largest absolute Gasteiger partial charge is 0.340 e. The van der Waals surface area contributed by atoms with E-state index in [0.29, 0.717) is 19.6 Å². The molecule has 1 atom stereocenters. The van der Waals surface area contributed by atoms with Gasteiger partial charge in [0, 0.05) is 32.4 Å². The third-order valence-electron chi connectivity index (χ3n) is 3.98. The quantitative estimate of drug-likeness (QED) is 0.885. The Bertz CT molecular complexity index is 671. The molecule has 0 bridgehead atoms. The number of hydrogen-bond acceptors (Lipinski definition) is 4. The van der Waals surface area contributed by atoms with Gasteiger partial charge in [0.1, 0.15) is 0 Å². The Kier molecular flexibility index (Phi) is 4.36. The van der Waals surface area contributed by atoms with E-state index in [4.69, 9.17) is 0 Å². The number of carbonyl (C=O) groups excluding carboxylic acids is 2. The van der Waals surface area contributed by atoms with E-state index in [1.807, 2.05) is 24.3 Å². The minimum atomic E-state index is -0.292. The van der Waals surface area contributed by atoms with Crippen molar-refractivity contribution in [2.45, 2.75) is 19.5 Å². The highest BCUT2D eigenvalue weighted by molar-refractivity contribution is 5.89. The molecule has 7 nitrogen and oxygen atoms in total. The van der Waals surface area contributed by atoms with Crippen molar-refractivity contribution in [3.63, 3.8) is 0 Å². The molecule has 2 amide bonds. The van der Waals surface area contributed by atoms with E-state index in [9.17, 15) is 9.59 Å². The van der Waals surface area contributed by atoms with Crippen LogP contribution in [0.15, 0.2) is 36.7 Å². The molecule has 1 aliphatic heterocycles. The third-order valence-corrected chi connectivity index (χ3v) is 3.98. The molecular formula is C16H19N5O2. The Labute approximate surface area is 134 Å². The van der Waals surface area contributed by atoms with Crippen molar-refractivity contribution in [2.24, 2.45) is 5.92 Å². The number of rotatable bonds is 5. The van der Waals surface area contributed by atoms with Crippen LogP contribution in [-0.2, 0) is 22.7 Å². The minimum absolute atomic E-state index is 0.00365. The summed E-state index contributed by atoms with van der Waals surface area (Å²) in [6, 6.07) is 7.44. The van der Waals surface area contributed by atoms with Crippen molar-refractivity contribution >= 4 is 11.8 Å². The van der Waals surface area contributed by atoms with Crippen LogP contribution in [0.2, 0.25) is 0 Å². The molecule has 0 radical (unpaired) electrons. The predicted molar refractivity (Wildman–Crippen MR) is 82.8 cm³/mol. The number of likely N-dealkylation sites (tertiary alicyclic amines) is 1. The summed E-state index contributed by atoms with van der Waals surface area (Å²) >= 11 is 0. The average molecular weight is 313 g/mol. The number of hydrogen-bond donors (Lipinski definition) is 1. The van der Waals surface area contributed by atoms with Gasteiger partial charge < -0.3 is 9.80 Å². The summed E-state index contributed by atoms with van der Waals surface area (Å²) in [6.45, 7) is 1.36. The Balaban J connectivity index is 1.59. The van der Waals surface area contributed by atoms with Gasteiger partial charge in [-0.05, 0) is 18.2 Å². The van der Waals surface area contributed by atoms with Gasteiger partial charge in [0.15, 0.2) is 0 Å². The lowest BCUT2D eigenvalue weighted by molar-refractivity contribution is -0.135.